The zero-order valence-corrected chi connectivity index (χ0v) is 8.48. The molecule has 0 saturated heterocycles. The van der Waals surface area contributed by atoms with Gasteiger partial charge in [0.05, 0.1) is 12.9 Å². The molecule has 1 aliphatic rings. The number of allylic oxidation sites excluding steroid dienone is 3. The molecular weight excluding hydrogens is 148 g/mol. The molecule has 0 aromatic carbocycles. The molecule has 0 atom stereocenters. The SMILES string of the molecule is COC1=CCC=C(C(C)(C)C)C1. The van der Waals surface area contributed by atoms with Crippen LogP contribution in [0.4, 0.5) is 0 Å². The lowest BCUT2D eigenvalue weighted by atomic mass is 9.82. The van der Waals surface area contributed by atoms with Gasteiger partial charge in [0.25, 0.3) is 0 Å². The predicted molar refractivity (Wildman–Crippen MR) is 51.9 cm³/mol. The van der Waals surface area contributed by atoms with E-state index in [2.05, 4.69) is 32.9 Å². The first kappa shape index (κ1) is 9.37. The van der Waals surface area contributed by atoms with Crippen LogP contribution < -0.4 is 0 Å². The van der Waals surface area contributed by atoms with Gasteiger partial charge in [-0.05, 0) is 17.9 Å². The summed E-state index contributed by atoms with van der Waals surface area (Å²) in [7, 11) is 1.75. The fourth-order valence-corrected chi connectivity index (χ4v) is 1.39. The van der Waals surface area contributed by atoms with Crippen LogP contribution in [0.2, 0.25) is 0 Å². The number of methoxy groups -OCH3 is 1. The minimum atomic E-state index is 0.290. The van der Waals surface area contributed by atoms with Crippen molar-refractivity contribution >= 4 is 0 Å². The summed E-state index contributed by atoms with van der Waals surface area (Å²) in [4.78, 5) is 0. The second-order valence-corrected chi connectivity index (χ2v) is 4.27. The molecule has 0 aromatic heterocycles. The molecule has 0 radical (unpaired) electrons. The molecule has 0 fully saturated rings. The van der Waals surface area contributed by atoms with Crippen LogP contribution in [-0.2, 0) is 4.74 Å². The Morgan fingerprint density at radius 2 is 1.92 bits per heavy atom. The maximum absolute atomic E-state index is 5.24. The Morgan fingerprint density at radius 1 is 1.25 bits per heavy atom. The van der Waals surface area contributed by atoms with Crippen LogP contribution >= 0.6 is 0 Å². The number of hydrogen-bond acceptors (Lipinski definition) is 1. The van der Waals surface area contributed by atoms with Gasteiger partial charge < -0.3 is 4.74 Å². The lowest BCUT2D eigenvalue weighted by molar-refractivity contribution is 0.273. The average Bonchev–Trinajstić information content (AvgIpc) is 2.03. The largest absolute Gasteiger partial charge is 0.501 e. The summed E-state index contributed by atoms with van der Waals surface area (Å²) in [5.74, 6) is 1.11. The van der Waals surface area contributed by atoms with Crippen LogP contribution in [0.3, 0.4) is 0 Å². The molecule has 0 saturated carbocycles. The first-order valence-electron chi connectivity index (χ1n) is 4.46. The first-order valence-corrected chi connectivity index (χ1v) is 4.46. The molecule has 1 nitrogen and oxygen atoms in total. The van der Waals surface area contributed by atoms with Crippen LogP contribution in [0.1, 0.15) is 33.6 Å². The molecule has 12 heavy (non-hydrogen) atoms. The molecular formula is C11H18O. The zero-order valence-electron chi connectivity index (χ0n) is 8.48. The highest BCUT2D eigenvalue weighted by molar-refractivity contribution is 5.23. The molecule has 1 rings (SSSR count). The van der Waals surface area contributed by atoms with Gasteiger partial charge in [0, 0.05) is 6.42 Å². The van der Waals surface area contributed by atoms with E-state index in [0.29, 0.717) is 0 Å². The number of rotatable bonds is 1. The Morgan fingerprint density at radius 3 is 2.42 bits per heavy atom. The Labute approximate surface area is 75.1 Å². The van der Waals surface area contributed by atoms with Crippen molar-refractivity contribution in [1.29, 1.82) is 0 Å². The molecule has 0 spiro atoms. The summed E-state index contributed by atoms with van der Waals surface area (Å²) in [6.45, 7) is 6.74. The maximum Gasteiger partial charge on any atom is 0.0959 e. The van der Waals surface area contributed by atoms with Crippen molar-refractivity contribution in [2.24, 2.45) is 5.41 Å². The molecule has 1 aliphatic carbocycles. The van der Waals surface area contributed by atoms with Gasteiger partial charge in [-0.15, -0.1) is 0 Å². The molecule has 0 aliphatic heterocycles. The third-order valence-electron chi connectivity index (χ3n) is 2.30. The average molecular weight is 166 g/mol. The van der Waals surface area contributed by atoms with Crippen molar-refractivity contribution in [2.75, 3.05) is 7.11 Å². The van der Waals surface area contributed by atoms with E-state index in [4.69, 9.17) is 4.74 Å². The third-order valence-corrected chi connectivity index (χ3v) is 2.30. The fourth-order valence-electron chi connectivity index (χ4n) is 1.39. The van der Waals surface area contributed by atoms with E-state index in [1.807, 2.05) is 0 Å². The standard InChI is InChI=1S/C11H18O/c1-11(2,3)9-6-5-7-10(8-9)12-4/h6-7H,5,8H2,1-4H3. The Hall–Kier alpha value is -0.720. The molecule has 0 heterocycles. The van der Waals surface area contributed by atoms with Crippen LogP contribution in [-0.4, -0.2) is 7.11 Å². The summed E-state index contributed by atoms with van der Waals surface area (Å²) in [6, 6.07) is 0. The van der Waals surface area contributed by atoms with E-state index in [-0.39, 0.29) is 5.41 Å². The quantitative estimate of drug-likeness (QED) is 0.543. The predicted octanol–water partition coefficient (Wildman–Crippen LogP) is 3.28. The Balaban J connectivity index is 2.67. The number of hydrogen-bond donors (Lipinski definition) is 0. The van der Waals surface area contributed by atoms with E-state index in [1.54, 1.807) is 7.11 Å². The van der Waals surface area contributed by atoms with Crippen molar-refractivity contribution in [3.8, 4) is 0 Å². The fraction of sp³-hybridized carbons (Fsp3) is 0.636. The van der Waals surface area contributed by atoms with Gasteiger partial charge in [-0.2, -0.15) is 0 Å². The molecule has 1 heteroatoms. The second-order valence-electron chi connectivity index (χ2n) is 4.27. The second kappa shape index (κ2) is 3.34. The van der Waals surface area contributed by atoms with E-state index in [0.717, 1.165) is 18.6 Å². The Bertz CT molecular complexity index is 216. The Kier molecular flexibility index (Phi) is 2.61. The normalized spacial score (nSPS) is 18.3. The number of ether oxygens (including phenoxy) is 1. The van der Waals surface area contributed by atoms with Crippen LogP contribution in [0.15, 0.2) is 23.5 Å². The summed E-state index contributed by atoms with van der Waals surface area (Å²) in [5.41, 5.74) is 1.78. The summed E-state index contributed by atoms with van der Waals surface area (Å²) >= 11 is 0. The van der Waals surface area contributed by atoms with Crippen molar-refractivity contribution < 1.29 is 4.74 Å². The first-order chi connectivity index (χ1) is 5.54. The van der Waals surface area contributed by atoms with Gasteiger partial charge in [0.1, 0.15) is 0 Å². The van der Waals surface area contributed by atoms with Gasteiger partial charge in [0.2, 0.25) is 0 Å². The van der Waals surface area contributed by atoms with Crippen molar-refractivity contribution in [3.05, 3.63) is 23.5 Å². The smallest absolute Gasteiger partial charge is 0.0959 e. The van der Waals surface area contributed by atoms with Gasteiger partial charge in [0.15, 0.2) is 0 Å². The van der Waals surface area contributed by atoms with E-state index in [9.17, 15) is 0 Å². The third kappa shape index (κ3) is 2.13. The summed E-state index contributed by atoms with van der Waals surface area (Å²) in [6.07, 6.45) is 6.47. The van der Waals surface area contributed by atoms with E-state index in [1.165, 1.54) is 5.57 Å². The summed E-state index contributed by atoms with van der Waals surface area (Å²) < 4.78 is 5.24. The topological polar surface area (TPSA) is 9.23 Å². The highest BCUT2D eigenvalue weighted by atomic mass is 16.5. The lowest BCUT2D eigenvalue weighted by Crippen LogP contribution is -2.12. The van der Waals surface area contributed by atoms with Gasteiger partial charge in [-0.1, -0.05) is 32.4 Å². The van der Waals surface area contributed by atoms with Crippen LogP contribution in [0, 0.1) is 5.41 Å². The lowest BCUT2D eigenvalue weighted by Gasteiger charge is -2.26. The molecule has 0 aromatic rings. The molecule has 0 amide bonds. The molecule has 0 N–H and O–H groups in total. The van der Waals surface area contributed by atoms with Crippen molar-refractivity contribution in [1.82, 2.24) is 0 Å². The highest BCUT2D eigenvalue weighted by Gasteiger charge is 2.19. The highest BCUT2D eigenvalue weighted by Crippen LogP contribution is 2.33. The molecule has 0 unspecified atom stereocenters. The zero-order chi connectivity index (χ0) is 9.19. The monoisotopic (exact) mass is 166 g/mol. The molecule has 68 valence electrons. The van der Waals surface area contributed by atoms with Crippen molar-refractivity contribution in [3.63, 3.8) is 0 Å². The van der Waals surface area contributed by atoms with E-state index >= 15 is 0 Å². The maximum atomic E-state index is 5.24. The van der Waals surface area contributed by atoms with Gasteiger partial charge >= 0.3 is 0 Å². The van der Waals surface area contributed by atoms with Gasteiger partial charge in [-0.25, -0.2) is 0 Å². The molecule has 0 bridgehead atoms. The van der Waals surface area contributed by atoms with Crippen LogP contribution in [0.5, 0.6) is 0 Å². The van der Waals surface area contributed by atoms with Crippen LogP contribution in [0.25, 0.3) is 0 Å². The van der Waals surface area contributed by atoms with E-state index < -0.39 is 0 Å². The minimum Gasteiger partial charge on any atom is -0.501 e. The minimum absolute atomic E-state index is 0.290. The van der Waals surface area contributed by atoms with Crippen molar-refractivity contribution in [2.45, 2.75) is 33.6 Å². The van der Waals surface area contributed by atoms with Gasteiger partial charge in [-0.3, -0.25) is 0 Å². The summed E-state index contributed by atoms with van der Waals surface area (Å²) in [5, 5.41) is 0.